The van der Waals surface area contributed by atoms with Crippen LogP contribution in [0.3, 0.4) is 0 Å². The molecule has 1 N–H and O–H groups in total. The molecular weight excluding hydrogens is 416 g/mol. The van der Waals surface area contributed by atoms with Crippen molar-refractivity contribution in [2.75, 3.05) is 20.0 Å². The number of fused-ring (bicyclic) bond motifs is 3. The number of carbonyl (C=O) groups is 2. The van der Waals surface area contributed by atoms with Gasteiger partial charge in [0, 0.05) is 17.7 Å². The van der Waals surface area contributed by atoms with E-state index in [1.54, 1.807) is 27.2 Å². The second-order valence-corrected chi connectivity index (χ2v) is 7.87. The molecular formula is C22H22N4O4S. The molecule has 8 nitrogen and oxygen atoms in total. The van der Waals surface area contributed by atoms with Gasteiger partial charge in [0.1, 0.15) is 11.9 Å². The smallest absolute Gasteiger partial charge is 0.258 e. The van der Waals surface area contributed by atoms with Gasteiger partial charge >= 0.3 is 0 Å². The lowest BCUT2D eigenvalue weighted by Gasteiger charge is -2.25. The highest BCUT2D eigenvalue weighted by Gasteiger charge is 2.39. The summed E-state index contributed by atoms with van der Waals surface area (Å²) in [6, 6.07) is 12.6. The predicted molar refractivity (Wildman–Crippen MR) is 120 cm³/mol. The first-order valence-electron chi connectivity index (χ1n) is 9.72. The Hall–Kier alpha value is -3.33. The molecule has 0 unspecified atom stereocenters. The Bertz CT molecular complexity index is 1100. The van der Waals surface area contributed by atoms with Crippen LogP contribution in [0.25, 0.3) is 0 Å². The summed E-state index contributed by atoms with van der Waals surface area (Å²) in [7, 11) is 3.13. The number of methoxy groups -OCH3 is 2. The molecule has 0 saturated carbocycles. The third kappa shape index (κ3) is 4.00. The molecule has 2 aliphatic rings. The summed E-state index contributed by atoms with van der Waals surface area (Å²) < 4.78 is 10.7. The number of amides is 2. The van der Waals surface area contributed by atoms with E-state index in [0.29, 0.717) is 29.0 Å². The van der Waals surface area contributed by atoms with Crippen molar-refractivity contribution in [1.29, 1.82) is 0 Å². The highest BCUT2D eigenvalue weighted by atomic mass is 32.2. The third-order valence-corrected chi connectivity index (χ3v) is 5.89. The number of carbonyl (C=O) groups excluding carboxylic acids is 2. The molecule has 0 aromatic heterocycles. The summed E-state index contributed by atoms with van der Waals surface area (Å²) in [5.41, 5.74) is 2.37. The van der Waals surface area contributed by atoms with Crippen LogP contribution in [-0.2, 0) is 16.1 Å². The third-order valence-electron chi connectivity index (χ3n) is 4.95. The zero-order valence-electron chi connectivity index (χ0n) is 17.4. The first-order chi connectivity index (χ1) is 15.0. The van der Waals surface area contributed by atoms with Gasteiger partial charge in [0.15, 0.2) is 16.7 Å². The largest absolute Gasteiger partial charge is 0.493 e. The molecule has 4 rings (SSSR count). The number of benzene rings is 2. The van der Waals surface area contributed by atoms with E-state index < -0.39 is 6.04 Å². The van der Waals surface area contributed by atoms with E-state index >= 15 is 0 Å². The lowest BCUT2D eigenvalue weighted by molar-refractivity contribution is -0.124. The Balaban J connectivity index is 1.45. The van der Waals surface area contributed by atoms with Crippen LogP contribution in [0.4, 0.5) is 5.69 Å². The van der Waals surface area contributed by atoms with Crippen LogP contribution in [0.15, 0.2) is 52.4 Å². The minimum atomic E-state index is -0.471. The summed E-state index contributed by atoms with van der Waals surface area (Å²) in [5.74, 6) is 1.56. The SMILES string of the molecule is COc1cccc(CNC(=O)CSC2=Nc3ccccc3C3=N[C@@H](C)C(=O)N23)c1OC. The monoisotopic (exact) mass is 438 g/mol. The number of hydrogen-bond donors (Lipinski definition) is 1. The second kappa shape index (κ2) is 8.81. The maximum atomic E-state index is 12.6. The Morgan fingerprint density at radius 1 is 1.16 bits per heavy atom. The maximum Gasteiger partial charge on any atom is 0.258 e. The number of para-hydroxylation sites is 2. The zero-order valence-corrected chi connectivity index (χ0v) is 18.2. The van der Waals surface area contributed by atoms with E-state index in [2.05, 4.69) is 15.3 Å². The topological polar surface area (TPSA) is 92.6 Å². The molecule has 2 aromatic carbocycles. The molecule has 2 aliphatic heterocycles. The molecule has 0 aliphatic carbocycles. The molecule has 0 saturated heterocycles. The maximum absolute atomic E-state index is 12.6. The lowest BCUT2D eigenvalue weighted by atomic mass is 10.1. The summed E-state index contributed by atoms with van der Waals surface area (Å²) in [6.07, 6.45) is 0. The molecule has 9 heteroatoms. The van der Waals surface area contributed by atoms with E-state index in [-0.39, 0.29) is 17.6 Å². The fourth-order valence-electron chi connectivity index (χ4n) is 3.44. The van der Waals surface area contributed by atoms with Crippen LogP contribution in [0.2, 0.25) is 0 Å². The summed E-state index contributed by atoms with van der Waals surface area (Å²) in [5, 5.41) is 3.34. The van der Waals surface area contributed by atoms with Crippen molar-refractivity contribution in [2.45, 2.75) is 19.5 Å². The number of hydrogen-bond acceptors (Lipinski definition) is 7. The number of nitrogens with one attached hydrogen (secondary N) is 1. The minimum Gasteiger partial charge on any atom is -0.493 e. The number of ether oxygens (including phenoxy) is 2. The van der Waals surface area contributed by atoms with Gasteiger partial charge < -0.3 is 14.8 Å². The first-order valence-corrected chi connectivity index (χ1v) is 10.7. The van der Waals surface area contributed by atoms with E-state index in [9.17, 15) is 9.59 Å². The highest BCUT2D eigenvalue weighted by molar-refractivity contribution is 8.14. The fourth-order valence-corrected chi connectivity index (χ4v) is 4.27. The Kier molecular flexibility index (Phi) is 5.94. The van der Waals surface area contributed by atoms with Gasteiger partial charge in [-0.2, -0.15) is 0 Å². The summed E-state index contributed by atoms with van der Waals surface area (Å²) >= 11 is 1.21. The number of amidine groups is 2. The van der Waals surface area contributed by atoms with E-state index in [4.69, 9.17) is 9.47 Å². The molecule has 31 heavy (non-hydrogen) atoms. The van der Waals surface area contributed by atoms with Crippen molar-refractivity contribution >= 4 is 40.3 Å². The molecule has 160 valence electrons. The van der Waals surface area contributed by atoms with Gasteiger partial charge in [-0.3, -0.25) is 14.6 Å². The predicted octanol–water partition coefficient (Wildman–Crippen LogP) is 2.73. The lowest BCUT2D eigenvalue weighted by Crippen LogP contribution is -2.41. The second-order valence-electron chi connectivity index (χ2n) is 6.93. The van der Waals surface area contributed by atoms with Crippen LogP contribution in [0.1, 0.15) is 18.1 Å². The highest BCUT2D eigenvalue weighted by Crippen LogP contribution is 2.33. The van der Waals surface area contributed by atoms with E-state index in [0.717, 1.165) is 16.8 Å². The first kappa shape index (κ1) is 20.9. The Morgan fingerprint density at radius 2 is 1.97 bits per heavy atom. The van der Waals surface area contributed by atoms with E-state index in [1.165, 1.54) is 16.7 Å². The molecule has 0 radical (unpaired) electrons. The van der Waals surface area contributed by atoms with Gasteiger partial charge in [0.2, 0.25) is 5.91 Å². The molecule has 2 aromatic rings. The summed E-state index contributed by atoms with van der Waals surface area (Å²) in [4.78, 5) is 35.7. The van der Waals surface area contributed by atoms with Crippen LogP contribution in [0, 0.1) is 0 Å². The average molecular weight is 439 g/mol. The zero-order chi connectivity index (χ0) is 22.0. The van der Waals surface area contributed by atoms with Crippen LogP contribution >= 0.6 is 11.8 Å². The molecule has 2 heterocycles. The van der Waals surface area contributed by atoms with Crippen LogP contribution in [-0.4, -0.2) is 53.7 Å². The van der Waals surface area contributed by atoms with Crippen molar-refractivity contribution in [3.63, 3.8) is 0 Å². The molecule has 1 atom stereocenters. The van der Waals surface area contributed by atoms with Crippen molar-refractivity contribution < 1.29 is 19.1 Å². The quantitative estimate of drug-likeness (QED) is 0.749. The van der Waals surface area contributed by atoms with Gasteiger partial charge in [0.25, 0.3) is 5.91 Å². The Morgan fingerprint density at radius 3 is 2.74 bits per heavy atom. The minimum absolute atomic E-state index is 0.110. The fraction of sp³-hybridized carbons (Fsp3) is 0.273. The standard InChI is InChI=1S/C22H22N4O4S/c1-13-21(28)26-20(24-13)15-8-4-5-9-16(15)25-22(26)31-12-18(27)23-11-14-7-6-10-17(29-2)19(14)30-3/h4-10,13H,11-12H2,1-3H3,(H,23,27)/t13-/m0/s1. The van der Waals surface area contributed by atoms with Gasteiger partial charge in [-0.25, -0.2) is 9.89 Å². The van der Waals surface area contributed by atoms with Crippen LogP contribution in [0.5, 0.6) is 11.5 Å². The van der Waals surface area contributed by atoms with Crippen molar-refractivity contribution in [3.8, 4) is 11.5 Å². The van der Waals surface area contributed by atoms with Gasteiger partial charge in [0.05, 0.1) is 25.7 Å². The van der Waals surface area contributed by atoms with Crippen molar-refractivity contribution in [1.82, 2.24) is 10.2 Å². The van der Waals surface area contributed by atoms with Crippen molar-refractivity contribution in [2.24, 2.45) is 9.98 Å². The molecule has 0 bridgehead atoms. The number of thioether (sulfide) groups is 1. The Labute approximate surface area is 184 Å². The van der Waals surface area contributed by atoms with Gasteiger partial charge in [-0.1, -0.05) is 36.0 Å². The van der Waals surface area contributed by atoms with Gasteiger partial charge in [-0.15, -0.1) is 0 Å². The molecule has 0 fully saturated rings. The van der Waals surface area contributed by atoms with E-state index in [1.807, 2.05) is 36.4 Å². The summed E-state index contributed by atoms with van der Waals surface area (Å²) in [6.45, 7) is 2.05. The average Bonchev–Trinajstić information content (AvgIpc) is 3.10. The van der Waals surface area contributed by atoms with Crippen LogP contribution < -0.4 is 14.8 Å². The molecule has 0 spiro atoms. The number of nitrogens with zero attached hydrogens (tertiary/aromatic N) is 3. The normalized spacial score (nSPS) is 16.8. The van der Waals surface area contributed by atoms with Gasteiger partial charge in [-0.05, 0) is 25.1 Å². The number of rotatable bonds is 6. The van der Waals surface area contributed by atoms with Crippen molar-refractivity contribution in [3.05, 3.63) is 53.6 Å². The number of aliphatic imine (C=N–C) groups is 2. The molecule has 2 amide bonds.